The van der Waals surface area contributed by atoms with Gasteiger partial charge in [-0.3, -0.25) is 4.79 Å². The van der Waals surface area contributed by atoms with Crippen molar-refractivity contribution in [3.63, 3.8) is 0 Å². The van der Waals surface area contributed by atoms with E-state index in [4.69, 9.17) is 19.3 Å². The number of primary sulfonamides is 1. The quantitative estimate of drug-likeness (QED) is 0.440. The summed E-state index contributed by atoms with van der Waals surface area (Å²) in [7, 11) is -0.799. The second-order valence-corrected chi connectivity index (χ2v) is 9.52. The van der Waals surface area contributed by atoms with Crippen LogP contribution in [0.1, 0.15) is 27.5 Å². The van der Waals surface area contributed by atoms with Gasteiger partial charge >= 0.3 is 5.97 Å². The molecule has 0 spiro atoms. The SMILES string of the molecule is COc1ccc(C(NC(=O)COC(=O)c2csc(S(N)(=O)=O)c2)c2ccc(OC)cc2)cc1. The fourth-order valence-corrected chi connectivity index (χ4v) is 4.52. The number of rotatable bonds is 9. The molecular weight excluding hydrogens is 468 g/mol. The molecule has 3 N–H and O–H groups in total. The average Bonchev–Trinajstić information content (AvgIpc) is 3.32. The van der Waals surface area contributed by atoms with Crippen molar-refractivity contribution in [3.8, 4) is 11.5 Å². The number of ether oxygens (including phenoxy) is 3. The molecule has 0 aliphatic carbocycles. The minimum absolute atomic E-state index is 0.00122. The molecule has 174 valence electrons. The van der Waals surface area contributed by atoms with Crippen molar-refractivity contribution in [2.45, 2.75) is 10.3 Å². The average molecular weight is 491 g/mol. The van der Waals surface area contributed by atoms with Gasteiger partial charge in [-0.25, -0.2) is 18.4 Å². The lowest BCUT2D eigenvalue weighted by atomic mass is 9.98. The van der Waals surface area contributed by atoms with E-state index in [1.807, 2.05) is 24.3 Å². The number of amides is 1. The van der Waals surface area contributed by atoms with Crippen LogP contribution in [0.5, 0.6) is 11.5 Å². The highest BCUT2D eigenvalue weighted by Crippen LogP contribution is 2.26. The van der Waals surface area contributed by atoms with Crippen molar-refractivity contribution in [3.05, 3.63) is 76.7 Å². The molecule has 1 amide bonds. The number of benzene rings is 2. The van der Waals surface area contributed by atoms with Gasteiger partial charge in [-0.05, 0) is 41.5 Å². The molecule has 0 aliphatic heterocycles. The number of methoxy groups -OCH3 is 2. The minimum Gasteiger partial charge on any atom is -0.497 e. The molecule has 0 unspecified atom stereocenters. The maximum absolute atomic E-state index is 12.6. The predicted molar refractivity (Wildman–Crippen MR) is 122 cm³/mol. The van der Waals surface area contributed by atoms with E-state index in [2.05, 4.69) is 5.32 Å². The lowest BCUT2D eigenvalue weighted by Gasteiger charge is -2.20. The van der Waals surface area contributed by atoms with Crippen LogP contribution in [0, 0.1) is 0 Å². The van der Waals surface area contributed by atoms with Gasteiger partial charge in [0.05, 0.1) is 25.8 Å². The third kappa shape index (κ3) is 6.31. The first kappa shape index (κ1) is 24.2. The second kappa shape index (κ2) is 10.5. The van der Waals surface area contributed by atoms with Crippen molar-refractivity contribution in [1.29, 1.82) is 0 Å². The fraction of sp³-hybridized carbons (Fsp3) is 0.182. The number of thiophene rings is 1. The molecule has 3 aromatic rings. The first-order chi connectivity index (χ1) is 15.7. The highest BCUT2D eigenvalue weighted by molar-refractivity contribution is 7.91. The van der Waals surface area contributed by atoms with Crippen LogP contribution in [0.3, 0.4) is 0 Å². The van der Waals surface area contributed by atoms with Gasteiger partial charge < -0.3 is 19.5 Å². The Hall–Kier alpha value is -3.41. The molecule has 0 saturated heterocycles. The molecule has 0 bridgehead atoms. The van der Waals surface area contributed by atoms with E-state index in [1.165, 1.54) is 5.38 Å². The van der Waals surface area contributed by atoms with Gasteiger partial charge in [-0.1, -0.05) is 24.3 Å². The summed E-state index contributed by atoms with van der Waals surface area (Å²) < 4.78 is 38.0. The van der Waals surface area contributed by atoms with Gasteiger partial charge in [-0.2, -0.15) is 0 Å². The Labute approximate surface area is 195 Å². The largest absolute Gasteiger partial charge is 0.497 e. The summed E-state index contributed by atoms with van der Waals surface area (Å²) >= 11 is 0.795. The zero-order valence-corrected chi connectivity index (χ0v) is 19.4. The molecular formula is C22H22N2O7S2. The lowest BCUT2D eigenvalue weighted by molar-refractivity contribution is -0.124. The van der Waals surface area contributed by atoms with Crippen LogP contribution in [-0.2, 0) is 19.6 Å². The molecule has 2 aromatic carbocycles. The smallest absolute Gasteiger partial charge is 0.339 e. The molecule has 11 heteroatoms. The zero-order valence-electron chi connectivity index (χ0n) is 17.8. The van der Waals surface area contributed by atoms with E-state index < -0.39 is 34.5 Å². The number of sulfonamides is 1. The lowest BCUT2D eigenvalue weighted by Crippen LogP contribution is -2.33. The van der Waals surface area contributed by atoms with Gasteiger partial charge in [0.1, 0.15) is 15.7 Å². The molecule has 3 rings (SSSR count). The maximum Gasteiger partial charge on any atom is 0.339 e. The summed E-state index contributed by atoms with van der Waals surface area (Å²) in [5.74, 6) is -0.0344. The molecule has 0 fully saturated rings. The maximum atomic E-state index is 12.6. The van der Waals surface area contributed by atoms with E-state index in [0.29, 0.717) is 11.5 Å². The standard InChI is InChI=1S/C22H22N2O7S2/c1-29-17-7-3-14(4-8-17)21(15-5-9-18(30-2)10-6-15)24-19(25)12-31-22(26)16-11-20(32-13-16)33(23,27)28/h3-11,13,21H,12H2,1-2H3,(H,24,25)(H2,23,27,28). The number of carbonyl (C=O) groups is 2. The summed E-state index contributed by atoms with van der Waals surface area (Å²) in [6, 6.07) is 15.0. The van der Waals surface area contributed by atoms with E-state index in [9.17, 15) is 18.0 Å². The molecule has 0 radical (unpaired) electrons. The van der Waals surface area contributed by atoms with Crippen LogP contribution in [0.4, 0.5) is 0 Å². The van der Waals surface area contributed by atoms with Gasteiger partial charge in [0.15, 0.2) is 6.61 Å². The summed E-state index contributed by atoms with van der Waals surface area (Å²) in [6.45, 7) is -0.553. The van der Waals surface area contributed by atoms with Crippen LogP contribution in [-0.4, -0.2) is 41.1 Å². The van der Waals surface area contributed by atoms with Gasteiger partial charge in [0.2, 0.25) is 10.0 Å². The number of hydrogen-bond acceptors (Lipinski definition) is 8. The molecule has 1 aromatic heterocycles. The first-order valence-electron chi connectivity index (χ1n) is 9.57. The van der Waals surface area contributed by atoms with Crippen LogP contribution in [0.15, 0.2) is 64.2 Å². The molecule has 0 saturated carbocycles. The van der Waals surface area contributed by atoms with Crippen LogP contribution >= 0.6 is 11.3 Å². The Bertz CT molecular complexity index is 1170. The number of nitrogens with two attached hydrogens (primary N) is 1. The zero-order chi connectivity index (χ0) is 24.0. The van der Waals surface area contributed by atoms with Crippen molar-refractivity contribution < 1.29 is 32.2 Å². The van der Waals surface area contributed by atoms with Gasteiger partial charge in [0.25, 0.3) is 5.91 Å². The topological polar surface area (TPSA) is 134 Å². The molecule has 33 heavy (non-hydrogen) atoms. The highest BCUT2D eigenvalue weighted by Gasteiger charge is 2.20. The van der Waals surface area contributed by atoms with Crippen molar-refractivity contribution >= 4 is 33.2 Å². The Morgan fingerprint density at radius 2 is 1.48 bits per heavy atom. The summed E-state index contributed by atoms with van der Waals surface area (Å²) in [5, 5.41) is 9.20. The number of hydrogen-bond donors (Lipinski definition) is 2. The number of nitrogens with one attached hydrogen (secondary N) is 1. The monoisotopic (exact) mass is 490 g/mol. The fourth-order valence-electron chi connectivity index (χ4n) is 2.94. The third-order valence-corrected chi connectivity index (χ3v) is 7.02. The second-order valence-electron chi connectivity index (χ2n) is 6.82. The summed E-state index contributed by atoms with van der Waals surface area (Å²) in [5.41, 5.74) is 1.58. The van der Waals surface area contributed by atoms with Gasteiger partial charge in [0, 0.05) is 5.38 Å². The van der Waals surface area contributed by atoms with Crippen LogP contribution in [0.2, 0.25) is 0 Å². The van der Waals surface area contributed by atoms with E-state index in [-0.39, 0.29) is 9.77 Å². The number of esters is 1. The minimum atomic E-state index is -3.92. The highest BCUT2D eigenvalue weighted by atomic mass is 32.2. The first-order valence-corrected chi connectivity index (χ1v) is 12.0. The third-order valence-electron chi connectivity index (χ3n) is 4.63. The Balaban J connectivity index is 1.72. The Kier molecular flexibility index (Phi) is 7.69. The summed E-state index contributed by atoms with van der Waals surface area (Å²) in [4.78, 5) is 24.8. The van der Waals surface area contributed by atoms with Crippen molar-refractivity contribution in [2.24, 2.45) is 5.14 Å². The number of carbonyl (C=O) groups excluding carboxylic acids is 2. The molecule has 0 aliphatic rings. The predicted octanol–water partition coefficient (Wildman–Crippen LogP) is 2.48. The van der Waals surface area contributed by atoms with E-state index >= 15 is 0 Å². The summed E-state index contributed by atoms with van der Waals surface area (Å²) in [6.07, 6.45) is 0. The van der Waals surface area contributed by atoms with Crippen LogP contribution in [0.25, 0.3) is 0 Å². The molecule has 0 atom stereocenters. The normalized spacial score (nSPS) is 11.2. The van der Waals surface area contributed by atoms with E-state index in [0.717, 1.165) is 28.5 Å². The van der Waals surface area contributed by atoms with Crippen LogP contribution < -0.4 is 19.9 Å². The molecule has 1 heterocycles. The van der Waals surface area contributed by atoms with Gasteiger partial charge in [-0.15, -0.1) is 11.3 Å². The molecule has 9 nitrogen and oxygen atoms in total. The van der Waals surface area contributed by atoms with Crippen molar-refractivity contribution in [2.75, 3.05) is 20.8 Å². The van der Waals surface area contributed by atoms with Crippen molar-refractivity contribution in [1.82, 2.24) is 5.32 Å². The Morgan fingerprint density at radius 1 is 0.970 bits per heavy atom. The van der Waals surface area contributed by atoms with E-state index in [1.54, 1.807) is 38.5 Å². The Morgan fingerprint density at radius 3 is 1.91 bits per heavy atom.